The first-order chi connectivity index (χ1) is 14.0. The summed E-state index contributed by atoms with van der Waals surface area (Å²) in [7, 11) is 1.57. The van der Waals surface area contributed by atoms with Gasteiger partial charge in [-0.05, 0) is 56.9 Å². The maximum atomic E-state index is 13.6. The molecule has 5 heteroatoms. The quantitative estimate of drug-likeness (QED) is 0.523. The van der Waals surface area contributed by atoms with Crippen LogP contribution in [-0.4, -0.2) is 30.0 Å². The Morgan fingerprint density at radius 1 is 1.03 bits per heavy atom. The molecule has 2 rings (SSSR count). The van der Waals surface area contributed by atoms with Gasteiger partial charge in [0.05, 0.1) is 7.11 Å². The van der Waals surface area contributed by atoms with E-state index in [9.17, 15) is 9.59 Å². The third-order valence-electron chi connectivity index (χ3n) is 5.35. The molecule has 0 saturated heterocycles. The first-order valence-corrected chi connectivity index (χ1v) is 10.4. The van der Waals surface area contributed by atoms with Crippen LogP contribution in [-0.2, 0) is 0 Å². The Morgan fingerprint density at radius 2 is 1.63 bits per heavy atom. The molecule has 0 aliphatic rings. The highest BCUT2D eigenvalue weighted by atomic mass is 16.5. The highest BCUT2D eigenvalue weighted by Gasteiger charge is 2.32. The van der Waals surface area contributed by atoms with Crippen LogP contribution in [0.2, 0.25) is 0 Å². The number of benzene rings is 2. The number of rotatable bonds is 6. The van der Waals surface area contributed by atoms with Gasteiger partial charge in [0.15, 0.2) is 0 Å². The van der Waals surface area contributed by atoms with Crippen molar-refractivity contribution in [1.29, 1.82) is 0 Å². The smallest absolute Gasteiger partial charge is 0.275 e. The van der Waals surface area contributed by atoms with Gasteiger partial charge >= 0.3 is 0 Å². The van der Waals surface area contributed by atoms with Crippen molar-refractivity contribution < 1.29 is 14.3 Å². The molecule has 1 N–H and O–H groups in total. The summed E-state index contributed by atoms with van der Waals surface area (Å²) in [4.78, 5) is 27.1. The summed E-state index contributed by atoms with van der Waals surface area (Å²) in [5.41, 5.74) is 6.67. The monoisotopic (exact) mass is 410 g/mol. The van der Waals surface area contributed by atoms with Crippen LogP contribution in [0.25, 0.3) is 0 Å². The molecule has 0 radical (unpaired) electrons. The molecular weight excluding hydrogens is 376 g/mol. The Kier molecular flexibility index (Phi) is 7.43. The van der Waals surface area contributed by atoms with Gasteiger partial charge in [-0.25, -0.2) is 10.4 Å². The normalized spacial score (nSPS) is 12.4. The number of hydrogen-bond acceptors (Lipinski definition) is 4. The number of methoxy groups -OCH3 is 1. The molecule has 0 bridgehead atoms. The molecular formula is C25H34N2O3. The summed E-state index contributed by atoms with van der Waals surface area (Å²) in [6, 6.07) is 10.9. The lowest BCUT2D eigenvalue weighted by atomic mass is 9.85. The molecule has 30 heavy (non-hydrogen) atoms. The minimum atomic E-state index is -0.391. The van der Waals surface area contributed by atoms with E-state index in [0.29, 0.717) is 22.4 Å². The lowest BCUT2D eigenvalue weighted by Gasteiger charge is -2.35. The Hall–Kier alpha value is -2.66. The van der Waals surface area contributed by atoms with E-state index in [1.165, 1.54) is 5.01 Å². The van der Waals surface area contributed by atoms with Crippen LogP contribution in [0.1, 0.15) is 71.5 Å². The molecule has 0 spiro atoms. The fraction of sp³-hybridized carbons (Fsp3) is 0.440. The maximum Gasteiger partial charge on any atom is 0.275 e. The summed E-state index contributed by atoms with van der Waals surface area (Å²) < 4.78 is 5.37. The highest BCUT2D eigenvalue weighted by Crippen LogP contribution is 2.25. The molecule has 0 saturated carbocycles. The number of ether oxygens (including phenoxy) is 1. The minimum Gasteiger partial charge on any atom is -0.496 e. The van der Waals surface area contributed by atoms with Gasteiger partial charge in [-0.15, -0.1) is 0 Å². The Morgan fingerprint density at radius 3 is 2.13 bits per heavy atom. The molecule has 0 aromatic heterocycles. The Labute approximate surface area is 180 Å². The lowest BCUT2D eigenvalue weighted by molar-refractivity contribution is 0.0429. The number of aryl methyl sites for hydroxylation is 2. The third kappa shape index (κ3) is 5.28. The van der Waals surface area contributed by atoms with Gasteiger partial charge in [0.25, 0.3) is 11.8 Å². The summed E-state index contributed by atoms with van der Waals surface area (Å²) >= 11 is 0. The predicted molar refractivity (Wildman–Crippen MR) is 121 cm³/mol. The highest BCUT2D eigenvalue weighted by molar-refractivity contribution is 6.10. The van der Waals surface area contributed by atoms with Crippen molar-refractivity contribution in [3.05, 3.63) is 64.2 Å². The summed E-state index contributed by atoms with van der Waals surface area (Å²) in [5.74, 6) is -0.141. The van der Waals surface area contributed by atoms with Crippen LogP contribution >= 0.6 is 0 Å². The molecule has 2 amide bonds. The Balaban J connectivity index is 2.55. The minimum absolute atomic E-state index is 0.0674. The van der Waals surface area contributed by atoms with E-state index in [1.807, 2.05) is 45.9 Å². The van der Waals surface area contributed by atoms with Crippen molar-refractivity contribution in [1.82, 2.24) is 10.4 Å². The standard InChI is InChI=1S/C25H34N2O3/c1-9-22(25(5,6)7)26-27(23(28)19-14-16(2)13-17(3)15-19)24(29)20-11-10-12-21(30-8)18(20)4/h10-15,22,26H,9H2,1-8H3. The van der Waals surface area contributed by atoms with Crippen LogP contribution in [0.5, 0.6) is 5.75 Å². The fourth-order valence-electron chi connectivity index (χ4n) is 3.68. The molecule has 5 nitrogen and oxygen atoms in total. The fourth-order valence-corrected chi connectivity index (χ4v) is 3.68. The van der Waals surface area contributed by atoms with E-state index in [1.54, 1.807) is 25.3 Å². The van der Waals surface area contributed by atoms with Crippen molar-refractivity contribution in [2.45, 2.75) is 60.9 Å². The SMILES string of the molecule is CCC(NN(C(=O)c1cc(C)cc(C)c1)C(=O)c1cccc(OC)c1C)C(C)(C)C. The van der Waals surface area contributed by atoms with Gasteiger partial charge in [0.1, 0.15) is 5.75 Å². The van der Waals surface area contributed by atoms with Gasteiger partial charge in [0, 0.05) is 22.7 Å². The molecule has 2 aromatic carbocycles. The van der Waals surface area contributed by atoms with Crippen LogP contribution in [0.4, 0.5) is 0 Å². The third-order valence-corrected chi connectivity index (χ3v) is 5.35. The van der Waals surface area contributed by atoms with E-state index in [-0.39, 0.29) is 17.4 Å². The van der Waals surface area contributed by atoms with Gasteiger partial charge in [-0.2, -0.15) is 0 Å². The summed E-state index contributed by atoms with van der Waals surface area (Å²) in [6.45, 7) is 14.0. The van der Waals surface area contributed by atoms with Crippen molar-refractivity contribution >= 4 is 11.8 Å². The van der Waals surface area contributed by atoms with Gasteiger partial charge in [0.2, 0.25) is 0 Å². The summed E-state index contributed by atoms with van der Waals surface area (Å²) in [6.07, 6.45) is 0.768. The van der Waals surface area contributed by atoms with Gasteiger partial charge < -0.3 is 4.74 Å². The van der Waals surface area contributed by atoms with E-state index in [2.05, 4.69) is 26.2 Å². The lowest BCUT2D eigenvalue weighted by Crippen LogP contribution is -2.55. The number of nitrogens with one attached hydrogen (secondary N) is 1. The van der Waals surface area contributed by atoms with E-state index in [4.69, 9.17) is 4.74 Å². The molecule has 0 aliphatic carbocycles. The summed E-state index contributed by atoms with van der Waals surface area (Å²) in [5, 5.41) is 1.18. The number of nitrogens with zero attached hydrogens (tertiary/aromatic N) is 1. The zero-order chi connectivity index (χ0) is 22.6. The molecule has 0 heterocycles. The van der Waals surface area contributed by atoms with E-state index >= 15 is 0 Å². The van der Waals surface area contributed by atoms with Crippen molar-refractivity contribution in [2.24, 2.45) is 5.41 Å². The average Bonchev–Trinajstić information content (AvgIpc) is 2.66. The van der Waals surface area contributed by atoms with E-state index in [0.717, 1.165) is 17.5 Å². The van der Waals surface area contributed by atoms with Gasteiger partial charge in [-0.3, -0.25) is 9.59 Å². The van der Waals surface area contributed by atoms with Crippen LogP contribution < -0.4 is 10.2 Å². The number of hydrogen-bond donors (Lipinski definition) is 1. The van der Waals surface area contributed by atoms with E-state index < -0.39 is 5.91 Å². The average molecular weight is 411 g/mol. The number of amides is 2. The molecule has 0 aliphatic heterocycles. The number of carbonyl (C=O) groups excluding carboxylic acids is 2. The predicted octanol–water partition coefficient (Wildman–Crippen LogP) is 5.23. The van der Waals surface area contributed by atoms with Crippen molar-refractivity contribution in [3.8, 4) is 5.75 Å². The second kappa shape index (κ2) is 9.43. The van der Waals surface area contributed by atoms with Crippen LogP contribution in [0.3, 0.4) is 0 Å². The maximum absolute atomic E-state index is 13.6. The second-order valence-corrected chi connectivity index (χ2v) is 8.91. The topological polar surface area (TPSA) is 58.6 Å². The van der Waals surface area contributed by atoms with Crippen LogP contribution in [0, 0.1) is 26.2 Å². The number of hydrazine groups is 1. The molecule has 162 valence electrons. The molecule has 0 fully saturated rings. The van der Waals surface area contributed by atoms with Crippen LogP contribution in [0.15, 0.2) is 36.4 Å². The molecule has 2 aromatic rings. The second-order valence-electron chi connectivity index (χ2n) is 8.91. The largest absolute Gasteiger partial charge is 0.496 e. The zero-order valence-corrected chi connectivity index (χ0v) is 19.4. The Bertz CT molecular complexity index is 908. The zero-order valence-electron chi connectivity index (χ0n) is 19.4. The van der Waals surface area contributed by atoms with Crippen molar-refractivity contribution in [2.75, 3.05) is 7.11 Å². The van der Waals surface area contributed by atoms with Crippen molar-refractivity contribution in [3.63, 3.8) is 0 Å². The first-order valence-electron chi connectivity index (χ1n) is 10.4. The first kappa shape index (κ1) is 23.6. The number of carbonyl (C=O) groups is 2. The van der Waals surface area contributed by atoms with Gasteiger partial charge in [-0.1, -0.05) is 51.0 Å². The molecule has 1 atom stereocenters. The number of imide groups is 1. The molecule has 1 unspecified atom stereocenters.